The Morgan fingerprint density at radius 2 is 1.80 bits per heavy atom. The number of ether oxygens (including phenoxy) is 3. The smallest absolute Gasteiger partial charge is 0.303 e. The Bertz CT molecular complexity index is 284. The molecule has 1 heterocycles. The van der Waals surface area contributed by atoms with E-state index in [1.807, 2.05) is 0 Å². The third-order valence-electron chi connectivity index (χ3n) is 1.95. The standard InChI is InChI=1S/C10H14O5/c1-6-10(15-8(3)12)9(4-5-13-6)14-7(2)11/h4-6,9-10H,1-3H3/t6?,9?,10-/m1/s1. The van der Waals surface area contributed by atoms with Gasteiger partial charge >= 0.3 is 11.9 Å². The maximum absolute atomic E-state index is 10.8. The molecule has 5 nitrogen and oxygen atoms in total. The minimum atomic E-state index is -0.587. The zero-order chi connectivity index (χ0) is 11.4. The zero-order valence-corrected chi connectivity index (χ0v) is 8.93. The highest BCUT2D eigenvalue weighted by Gasteiger charge is 2.34. The fourth-order valence-corrected chi connectivity index (χ4v) is 1.35. The molecule has 3 atom stereocenters. The third-order valence-corrected chi connectivity index (χ3v) is 1.95. The second-order valence-electron chi connectivity index (χ2n) is 3.32. The van der Waals surface area contributed by atoms with Crippen LogP contribution in [-0.4, -0.2) is 30.3 Å². The van der Waals surface area contributed by atoms with E-state index < -0.39 is 24.1 Å². The molecular formula is C10H14O5. The summed E-state index contributed by atoms with van der Waals surface area (Å²) >= 11 is 0. The van der Waals surface area contributed by atoms with Crippen molar-refractivity contribution in [3.63, 3.8) is 0 Å². The van der Waals surface area contributed by atoms with Crippen LogP contribution in [0.15, 0.2) is 12.3 Å². The average Bonchev–Trinajstić information content (AvgIpc) is 2.09. The molecule has 5 heteroatoms. The van der Waals surface area contributed by atoms with Crippen molar-refractivity contribution in [3.8, 4) is 0 Å². The molecule has 0 saturated heterocycles. The number of carbonyl (C=O) groups excluding carboxylic acids is 2. The number of esters is 2. The highest BCUT2D eigenvalue weighted by atomic mass is 16.6. The number of hydrogen-bond acceptors (Lipinski definition) is 5. The van der Waals surface area contributed by atoms with Crippen LogP contribution in [0.25, 0.3) is 0 Å². The topological polar surface area (TPSA) is 61.8 Å². The first-order valence-corrected chi connectivity index (χ1v) is 4.67. The molecule has 0 radical (unpaired) electrons. The highest BCUT2D eigenvalue weighted by molar-refractivity contribution is 5.67. The van der Waals surface area contributed by atoms with E-state index in [0.717, 1.165) is 0 Å². The Morgan fingerprint density at radius 3 is 2.33 bits per heavy atom. The van der Waals surface area contributed by atoms with Gasteiger partial charge in [-0.3, -0.25) is 9.59 Å². The van der Waals surface area contributed by atoms with Gasteiger partial charge in [-0.05, 0) is 13.0 Å². The van der Waals surface area contributed by atoms with E-state index in [1.54, 1.807) is 13.0 Å². The van der Waals surface area contributed by atoms with Crippen LogP contribution < -0.4 is 0 Å². The van der Waals surface area contributed by atoms with Gasteiger partial charge in [0.25, 0.3) is 0 Å². The summed E-state index contributed by atoms with van der Waals surface area (Å²) in [6.07, 6.45) is 1.50. The quantitative estimate of drug-likeness (QED) is 0.636. The van der Waals surface area contributed by atoms with Gasteiger partial charge < -0.3 is 14.2 Å². The second-order valence-corrected chi connectivity index (χ2v) is 3.32. The van der Waals surface area contributed by atoms with Crippen LogP contribution in [0, 0.1) is 0 Å². The molecular weight excluding hydrogens is 200 g/mol. The summed E-state index contributed by atoms with van der Waals surface area (Å²) in [4.78, 5) is 21.7. The largest absolute Gasteiger partial charge is 0.494 e. The van der Waals surface area contributed by atoms with Crippen LogP contribution in [0.2, 0.25) is 0 Å². The Kier molecular flexibility index (Phi) is 3.71. The lowest BCUT2D eigenvalue weighted by Crippen LogP contribution is -2.43. The van der Waals surface area contributed by atoms with Crippen molar-refractivity contribution in [1.29, 1.82) is 0 Å². The molecule has 1 aliphatic heterocycles. The number of hydrogen-bond donors (Lipinski definition) is 0. The van der Waals surface area contributed by atoms with Crippen molar-refractivity contribution in [2.45, 2.75) is 39.1 Å². The summed E-state index contributed by atoms with van der Waals surface area (Å²) in [5, 5.41) is 0. The van der Waals surface area contributed by atoms with Crippen LogP contribution in [0.4, 0.5) is 0 Å². The fraction of sp³-hybridized carbons (Fsp3) is 0.600. The van der Waals surface area contributed by atoms with Crippen LogP contribution in [0.3, 0.4) is 0 Å². The molecule has 84 valence electrons. The van der Waals surface area contributed by atoms with E-state index in [0.29, 0.717) is 0 Å². The maximum Gasteiger partial charge on any atom is 0.303 e. The Balaban J connectivity index is 2.71. The average molecular weight is 214 g/mol. The molecule has 0 aromatic heterocycles. The van der Waals surface area contributed by atoms with E-state index in [-0.39, 0.29) is 6.10 Å². The predicted octanol–water partition coefficient (Wildman–Crippen LogP) is 0.782. The maximum atomic E-state index is 10.8. The minimum absolute atomic E-state index is 0.330. The van der Waals surface area contributed by atoms with E-state index >= 15 is 0 Å². The van der Waals surface area contributed by atoms with Gasteiger partial charge in [-0.25, -0.2) is 0 Å². The molecule has 1 rings (SSSR count). The van der Waals surface area contributed by atoms with E-state index in [9.17, 15) is 9.59 Å². The molecule has 0 saturated carbocycles. The molecule has 0 aromatic rings. The summed E-state index contributed by atoms with van der Waals surface area (Å²) < 4.78 is 15.2. The predicted molar refractivity (Wildman–Crippen MR) is 50.8 cm³/mol. The van der Waals surface area contributed by atoms with Crippen molar-refractivity contribution >= 4 is 11.9 Å². The Labute approximate surface area is 88.0 Å². The van der Waals surface area contributed by atoms with Gasteiger partial charge in [0.1, 0.15) is 6.10 Å². The minimum Gasteiger partial charge on any atom is -0.494 e. The molecule has 0 aliphatic carbocycles. The van der Waals surface area contributed by atoms with Gasteiger partial charge in [0.2, 0.25) is 0 Å². The molecule has 15 heavy (non-hydrogen) atoms. The molecule has 0 spiro atoms. The lowest BCUT2D eigenvalue weighted by molar-refractivity contribution is -0.172. The van der Waals surface area contributed by atoms with Crippen molar-refractivity contribution in [3.05, 3.63) is 12.3 Å². The van der Waals surface area contributed by atoms with Crippen molar-refractivity contribution in [1.82, 2.24) is 0 Å². The molecule has 0 bridgehead atoms. The number of carbonyl (C=O) groups is 2. The van der Waals surface area contributed by atoms with Gasteiger partial charge in [-0.15, -0.1) is 0 Å². The SMILES string of the molecule is CC(=O)OC1C=COC(C)[C@H]1OC(C)=O. The third kappa shape index (κ3) is 3.27. The summed E-state index contributed by atoms with van der Waals surface area (Å²) in [5.41, 5.74) is 0. The van der Waals surface area contributed by atoms with Gasteiger partial charge in [0.15, 0.2) is 12.2 Å². The van der Waals surface area contributed by atoms with Crippen LogP contribution >= 0.6 is 0 Å². The Hall–Kier alpha value is -1.52. The first kappa shape index (κ1) is 11.6. The molecule has 1 aliphatic rings. The lowest BCUT2D eigenvalue weighted by Gasteiger charge is -2.31. The van der Waals surface area contributed by atoms with Crippen molar-refractivity contribution < 1.29 is 23.8 Å². The fourth-order valence-electron chi connectivity index (χ4n) is 1.35. The Morgan fingerprint density at radius 1 is 1.20 bits per heavy atom. The van der Waals surface area contributed by atoms with Crippen LogP contribution in [0.1, 0.15) is 20.8 Å². The normalized spacial score (nSPS) is 29.1. The first-order valence-electron chi connectivity index (χ1n) is 4.67. The van der Waals surface area contributed by atoms with E-state index in [1.165, 1.54) is 20.1 Å². The second kappa shape index (κ2) is 4.82. The summed E-state index contributed by atoms with van der Waals surface area (Å²) in [7, 11) is 0. The van der Waals surface area contributed by atoms with Crippen molar-refractivity contribution in [2.24, 2.45) is 0 Å². The summed E-state index contributed by atoms with van der Waals surface area (Å²) in [6.45, 7) is 4.35. The molecule has 0 amide bonds. The molecule has 0 fully saturated rings. The molecule has 2 unspecified atom stereocenters. The first-order chi connectivity index (χ1) is 7.00. The molecule has 0 aromatic carbocycles. The van der Waals surface area contributed by atoms with E-state index in [2.05, 4.69) is 0 Å². The van der Waals surface area contributed by atoms with Crippen LogP contribution in [0.5, 0.6) is 0 Å². The number of rotatable bonds is 2. The summed E-state index contributed by atoms with van der Waals surface area (Å²) in [6, 6.07) is 0. The van der Waals surface area contributed by atoms with Gasteiger partial charge in [-0.2, -0.15) is 0 Å². The highest BCUT2D eigenvalue weighted by Crippen LogP contribution is 2.18. The molecule has 0 N–H and O–H groups in total. The lowest BCUT2D eigenvalue weighted by atomic mass is 10.1. The van der Waals surface area contributed by atoms with Gasteiger partial charge in [-0.1, -0.05) is 0 Å². The van der Waals surface area contributed by atoms with Crippen LogP contribution in [-0.2, 0) is 23.8 Å². The monoisotopic (exact) mass is 214 g/mol. The van der Waals surface area contributed by atoms with Gasteiger partial charge in [0, 0.05) is 13.8 Å². The summed E-state index contributed by atoms with van der Waals surface area (Å²) in [5.74, 6) is -0.848. The van der Waals surface area contributed by atoms with Gasteiger partial charge in [0.05, 0.1) is 6.26 Å². The zero-order valence-electron chi connectivity index (χ0n) is 8.93. The van der Waals surface area contributed by atoms with Crippen molar-refractivity contribution in [2.75, 3.05) is 0 Å². The van der Waals surface area contributed by atoms with E-state index in [4.69, 9.17) is 14.2 Å².